The van der Waals surface area contributed by atoms with Gasteiger partial charge in [0, 0.05) is 21.2 Å². The maximum atomic E-state index is 13.1. The molecule has 0 bridgehead atoms. The minimum Gasteiger partial charge on any atom is -0.461 e. The van der Waals surface area contributed by atoms with Gasteiger partial charge in [0.15, 0.2) is 0 Å². The maximum Gasteiger partial charge on any atom is 0.365 e. The lowest BCUT2D eigenvalue weighted by atomic mass is 9.93. The van der Waals surface area contributed by atoms with E-state index in [1.54, 1.807) is 6.92 Å². The number of esters is 1. The van der Waals surface area contributed by atoms with E-state index in [0.29, 0.717) is 0 Å². The first kappa shape index (κ1) is 24.5. The van der Waals surface area contributed by atoms with Crippen LogP contribution in [-0.2, 0) is 14.5 Å². The van der Waals surface area contributed by atoms with Crippen molar-refractivity contribution in [2.75, 3.05) is 16.6 Å². The van der Waals surface area contributed by atoms with Gasteiger partial charge in [0.05, 0.1) is 23.7 Å². The van der Waals surface area contributed by atoms with Crippen LogP contribution in [0.4, 0.5) is 11.4 Å². The van der Waals surface area contributed by atoms with Crippen LogP contribution >= 0.6 is 27.7 Å². The Hall–Kier alpha value is -3.88. The Balaban J connectivity index is 1.64. The van der Waals surface area contributed by atoms with E-state index < -0.39 is 11.0 Å². The minimum atomic E-state index is -1.02. The van der Waals surface area contributed by atoms with E-state index in [0.717, 1.165) is 38.2 Å². The number of carbonyl (C=O) groups excluding carboxylic acids is 1. The van der Waals surface area contributed by atoms with Crippen molar-refractivity contribution in [3.8, 4) is 0 Å². The number of para-hydroxylation sites is 1. The molecule has 0 saturated heterocycles. The molecule has 6 rings (SSSR count). The Morgan fingerprint density at radius 2 is 1.42 bits per heavy atom. The summed E-state index contributed by atoms with van der Waals surface area (Å²) in [4.78, 5) is 12.1. The van der Waals surface area contributed by atoms with Gasteiger partial charge in [-0.1, -0.05) is 88.7 Å². The van der Waals surface area contributed by atoms with E-state index in [1.165, 1.54) is 11.8 Å². The number of ether oxygens (including phenoxy) is 1. The van der Waals surface area contributed by atoms with Gasteiger partial charge in [0.2, 0.25) is 10.0 Å². The molecule has 188 valence electrons. The predicted octanol–water partition coefficient (Wildman–Crippen LogP) is 6.96. The van der Waals surface area contributed by atoms with Gasteiger partial charge < -0.3 is 4.74 Å². The molecular formula is C30H23BrN4O2S. The molecule has 2 heterocycles. The third-order valence-electron chi connectivity index (χ3n) is 6.31. The van der Waals surface area contributed by atoms with Crippen LogP contribution in [0.2, 0.25) is 0 Å². The fraction of sp³-hybridized carbons (Fsp3) is 0.100. The quantitative estimate of drug-likeness (QED) is 0.238. The largest absolute Gasteiger partial charge is 0.461 e. The Morgan fingerprint density at radius 1 is 0.816 bits per heavy atom. The van der Waals surface area contributed by atoms with Gasteiger partial charge in [-0.2, -0.15) is 10.2 Å². The third-order valence-corrected chi connectivity index (χ3v) is 8.13. The van der Waals surface area contributed by atoms with Crippen LogP contribution in [-0.4, -0.2) is 23.3 Å². The van der Waals surface area contributed by atoms with E-state index in [2.05, 4.69) is 40.2 Å². The molecule has 0 aliphatic carbocycles. The third kappa shape index (κ3) is 4.10. The van der Waals surface area contributed by atoms with Crippen LogP contribution in [0, 0.1) is 0 Å². The van der Waals surface area contributed by atoms with Crippen LogP contribution < -0.4 is 10.0 Å². The zero-order chi connectivity index (χ0) is 26.1. The van der Waals surface area contributed by atoms with E-state index in [4.69, 9.17) is 14.9 Å². The highest BCUT2D eigenvalue weighted by atomic mass is 79.9. The molecular weight excluding hydrogens is 560 g/mol. The van der Waals surface area contributed by atoms with Crippen LogP contribution in [0.5, 0.6) is 0 Å². The molecule has 0 amide bonds. The first-order valence-electron chi connectivity index (χ1n) is 12.2. The van der Waals surface area contributed by atoms with Crippen molar-refractivity contribution >= 4 is 55.8 Å². The standard InChI is InChI=1S/C30H23BrN4O2S/c1-2-37-29(36)28-33-35(24-19-17-22(31)18-20-24)30(38-28)26-16-10-9-15-25(26)27(21-11-5-3-6-12-21)32-34(30)23-13-7-4-8-14-23/h3-20H,2H2,1H3/t30-/m0/s1. The summed E-state index contributed by atoms with van der Waals surface area (Å²) < 4.78 is 6.35. The molecule has 4 aromatic carbocycles. The maximum absolute atomic E-state index is 13.1. The van der Waals surface area contributed by atoms with Crippen molar-refractivity contribution in [1.29, 1.82) is 0 Å². The van der Waals surface area contributed by atoms with Crippen molar-refractivity contribution < 1.29 is 9.53 Å². The number of hydrogen-bond acceptors (Lipinski definition) is 7. The molecule has 1 atom stereocenters. The first-order chi connectivity index (χ1) is 18.6. The fourth-order valence-corrected chi connectivity index (χ4v) is 6.22. The molecule has 2 aliphatic rings. The topological polar surface area (TPSA) is 57.5 Å². The molecule has 0 fully saturated rings. The highest BCUT2D eigenvalue weighted by Crippen LogP contribution is 2.55. The molecule has 8 heteroatoms. The molecule has 4 aromatic rings. The molecule has 0 unspecified atom stereocenters. The second-order valence-corrected chi connectivity index (χ2v) is 10.7. The van der Waals surface area contributed by atoms with E-state index in [1.807, 2.05) is 94.9 Å². The van der Waals surface area contributed by atoms with Crippen molar-refractivity contribution in [2.45, 2.75) is 11.9 Å². The molecule has 0 aromatic heterocycles. The average Bonchev–Trinajstić information content (AvgIpc) is 3.36. The molecule has 38 heavy (non-hydrogen) atoms. The van der Waals surface area contributed by atoms with Gasteiger partial charge in [-0.3, -0.25) is 0 Å². The highest BCUT2D eigenvalue weighted by molar-refractivity contribution is 9.10. The Morgan fingerprint density at radius 3 is 2.13 bits per heavy atom. The van der Waals surface area contributed by atoms with Crippen molar-refractivity contribution in [3.63, 3.8) is 0 Å². The zero-order valence-corrected chi connectivity index (χ0v) is 22.9. The minimum absolute atomic E-state index is 0.263. The highest BCUT2D eigenvalue weighted by Gasteiger charge is 2.56. The summed E-state index contributed by atoms with van der Waals surface area (Å²) in [7, 11) is 0. The number of benzene rings is 4. The van der Waals surface area contributed by atoms with E-state index >= 15 is 0 Å². The number of hydrogen-bond donors (Lipinski definition) is 0. The summed E-state index contributed by atoms with van der Waals surface area (Å²) in [6.45, 7) is 2.06. The van der Waals surface area contributed by atoms with Crippen molar-refractivity contribution in [1.82, 2.24) is 0 Å². The molecule has 6 nitrogen and oxygen atoms in total. The van der Waals surface area contributed by atoms with Gasteiger partial charge in [0.1, 0.15) is 0 Å². The average molecular weight is 584 g/mol. The number of hydrazone groups is 2. The smallest absolute Gasteiger partial charge is 0.365 e. The summed E-state index contributed by atoms with van der Waals surface area (Å²) in [5, 5.41) is 14.3. The molecule has 0 N–H and O–H groups in total. The molecule has 1 spiro atoms. The normalized spacial score (nSPS) is 18.2. The van der Waals surface area contributed by atoms with E-state index in [-0.39, 0.29) is 11.7 Å². The summed E-state index contributed by atoms with van der Waals surface area (Å²) in [5.41, 5.74) is 5.46. The SMILES string of the molecule is CCOC(=O)C1=NN(c2ccc(Br)cc2)[C@]2(S1)c1ccccc1C(c1ccccc1)=NN2c1ccccc1. The van der Waals surface area contributed by atoms with Crippen LogP contribution in [0.3, 0.4) is 0 Å². The monoisotopic (exact) mass is 582 g/mol. The van der Waals surface area contributed by atoms with Crippen LogP contribution in [0.15, 0.2) is 124 Å². The van der Waals surface area contributed by atoms with Gasteiger partial charge in [0.25, 0.3) is 0 Å². The van der Waals surface area contributed by atoms with E-state index in [9.17, 15) is 4.79 Å². The summed E-state index contributed by atoms with van der Waals surface area (Å²) in [6.07, 6.45) is 0. The van der Waals surface area contributed by atoms with Crippen molar-refractivity contribution in [2.24, 2.45) is 10.2 Å². The lowest BCUT2D eigenvalue weighted by molar-refractivity contribution is -0.134. The van der Waals surface area contributed by atoms with Crippen LogP contribution in [0.25, 0.3) is 0 Å². The van der Waals surface area contributed by atoms with Gasteiger partial charge in [-0.15, -0.1) is 0 Å². The Labute approximate surface area is 233 Å². The molecule has 2 aliphatic heterocycles. The molecule has 0 saturated carbocycles. The second kappa shape index (κ2) is 10.1. The van der Waals surface area contributed by atoms with Crippen molar-refractivity contribution in [3.05, 3.63) is 130 Å². The summed E-state index contributed by atoms with van der Waals surface area (Å²) >= 11 is 4.88. The number of fused-ring (bicyclic) bond motifs is 2. The number of thioether (sulfide) groups is 1. The number of carbonyl (C=O) groups is 1. The number of nitrogens with zero attached hydrogens (tertiary/aromatic N) is 4. The van der Waals surface area contributed by atoms with Gasteiger partial charge >= 0.3 is 5.97 Å². The number of halogens is 1. The first-order valence-corrected chi connectivity index (χ1v) is 13.8. The second-order valence-electron chi connectivity index (χ2n) is 8.63. The van der Waals surface area contributed by atoms with Crippen LogP contribution in [0.1, 0.15) is 23.6 Å². The lowest BCUT2D eigenvalue weighted by Crippen LogP contribution is -2.54. The number of rotatable bonds is 5. The fourth-order valence-electron chi connectivity index (χ4n) is 4.67. The summed E-state index contributed by atoms with van der Waals surface area (Å²) in [5.74, 6) is -0.459. The Bertz CT molecular complexity index is 1540. The summed E-state index contributed by atoms with van der Waals surface area (Å²) in [6, 6.07) is 36.2. The number of anilines is 2. The zero-order valence-electron chi connectivity index (χ0n) is 20.5. The van der Waals surface area contributed by atoms with Gasteiger partial charge in [-0.05, 0) is 55.1 Å². The predicted molar refractivity (Wildman–Crippen MR) is 157 cm³/mol. The Kier molecular flexibility index (Phi) is 6.51. The van der Waals surface area contributed by atoms with Gasteiger partial charge in [-0.25, -0.2) is 14.8 Å². The molecule has 0 radical (unpaired) electrons. The lowest BCUT2D eigenvalue weighted by Gasteiger charge is -2.47.